The first-order valence-corrected chi connectivity index (χ1v) is 8.97. The molecule has 3 aromatic rings. The Kier molecular flexibility index (Phi) is 5.61. The van der Waals surface area contributed by atoms with Crippen molar-refractivity contribution in [2.45, 2.75) is 19.8 Å². The minimum Gasteiger partial charge on any atom is -0.493 e. The lowest BCUT2D eigenvalue weighted by molar-refractivity contribution is 0.355. The SMILES string of the molecule is CCCC[N+](C)=c1cc(-c2ccc(OC)c(OC)c2)oc2ccccc12. The van der Waals surface area contributed by atoms with Crippen molar-refractivity contribution in [2.75, 3.05) is 27.8 Å². The summed E-state index contributed by atoms with van der Waals surface area (Å²) in [6.45, 7) is 3.22. The minimum atomic E-state index is 0.689. The molecule has 26 heavy (non-hydrogen) atoms. The van der Waals surface area contributed by atoms with Gasteiger partial charge >= 0.3 is 0 Å². The van der Waals surface area contributed by atoms with E-state index in [-0.39, 0.29) is 0 Å². The van der Waals surface area contributed by atoms with Gasteiger partial charge in [-0.1, -0.05) is 25.5 Å². The molecule has 0 aliphatic carbocycles. The molecule has 0 amide bonds. The van der Waals surface area contributed by atoms with Gasteiger partial charge in [-0.15, -0.1) is 0 Å². The molecule has 0 saturated heterocycles. The Balaban J connectivity index is 2.22. The van der Waals surface area contributed by atoms with Crippen LogP contribution >= 0.6 is 0 Å². The standard InChI is InChI=1S/C22H26NO3/c1-5-6-13-23(2)18-15-21(26-19-10-8-7-9-17(18)19)16-11-12-20(24-3)22(14-16)25-4/h7-12,14-15H,5-6,13H2,1-4H3/q+1. The van der Waals surface area contributed by atoms with Crippen molar-refractivity contribution >= 4 is 11.0 Å². The van der Waals surface area contributed by atoms with Crippen molar-refractivity contribution in [3.05, 3.63) is 53.9 Å². The second kappa shape index (κ2) is 8.09. The summed E-state index contributed by atoms with van der Waals surface area (Å²) in [6.07, 6.45) is 2.32. The topological polar surface area (TPSA) is 34.6 Å². The van der Waals surface area contributed by atoms with E-state index >= 15 is 0 Å². The molecule has 0 fully saturated rings. The van der Waals surface area contributed by atoms with Crippen LogP contribution in [-0.4, -0.2) is 27.8 Å². The lowest BCUT2D eigenvalue weighted by Crippen LogP contribution is -2.27. The lowest BCUT2D eigenvalue weighted by Gasteiger charge is -2.10. The van der Waals surface area contributed by atoms with Crippen molar-refractivity contribution in [3.8, 4) is 22.8 Å². The molecule has 0 aliphatic heterocycles. The van der Waals surface area contributed by atoms with E-state index in [9.17, 15) is 0 Å². The van der Waals surface area contributed by atoms with Gasteiger partial charge in [0.25, 0.3) is 0 Å². The van der Waals surface area contributed by atoms with Crippen molar-refractivity contribution in [1.29, 1.82) is 0 Å². The van der Waals surface area contributed by atoms with Crippen LogP contribution < -0.4 is 19.4 Å². The summed E-state index contributed by atoms with van der Waals surface area (Å²) in [6, 6.07) is 16.1. The maximum absolute atomic E-state index is 6.19. The van der Waals surface area contributed by atoms with Crippen molar-refractivity contribution in [3.63, 3.8) is 0 Å². The number of hydrogen-bond donors (Lipinski definition) is 0. The molecule has 0 spiro atoms. The number of methoxy groups -OCH3 is 2. The fraction of sp³-hybridized carbons (Fsp3) is 0.318. The summed E-state index contributed by atoms with van der Waals surface area (Å²) in [4.78, 5) is 0. The molecule has 0 atom stereocenters. The highest BCUT2D eigenvalue weighted by Crippen LogP contribution is 2.32. The Labute approximate surface area is 154 Å². The Morgan fingerprint density at radius 3 is 2.46 bits per heavy atom. The first kappa shape index (κ1) is 18.1. The summed E-state index contributed by atoms with van der Waals surface area (Å²) < 4.78 is 19.3. The summed E-state index contributed by atoms with van der Waals surface area (Å²) >= 11 is 0. The highest BCUT2D eigenvalue weighted by atomic mass is 16.5. The maximum Gasteiger partial charge on any atom is 0.214 e. The van der Waals surface area contributed by atoms with Crippen molar-refractivity contribution < 1.29 is 13.9 Å². The number of fused-ring (bicyclic) bond motifs is 1. The molecule has 0 N–H and O–H groups in total. The van der Waals surface area contributed by atoms with Gasteiger partial charge in [0, 0.05) is 12.0 Å². The minimum absolute atomic E-state index is 0.689. The molecular formula is C22H26NO3+. The van der Waals surface area contributed by atoms with Gasteiger partial charge in [0.1, 0.15) is 24.9 Å². The van der Waals surface area contributed by atoms with E-state index in [2.05, 4.69) is 30.7 Å². The zero-order chi connectivity index (χ0) is 18.5. The molecule has 4 nitrogen and oxygen atoms in total. The van der Waals surface area contributed by atoms with Crippen LogP contribution in [0.2, 0.25) is 0 Å². The van der Waals surface area contributed by atoms with E-state index in [1.165, 1.54) is 11.8 Å². The average Bonchev–Trinajstić information content (AvgIpc) is 2.70. The zero-order valence-electron chi connectivity index (χ0n) is 15.9. The summed E-state index contributed by atoms with van der Waals surface area (Å²) in [5.41, 5.74) is 1.83. The van der Waals surface area contributed by atoms with E-state index in [0.717, 1.165) is 35.3 Å². The number of benzene rings is 2. The molecule has 3 rings (SSSR count). The second-order valence-electron chi connectivity index (χ2n) is 6.34. The number of para-hydroxylation sites is 1. The number of nitrogens with zero attached hydrogens (tertiary/aromatic N) is 1. The van der Waals surface area contributed by atoms with Gasteiger partial charge in [0.15, 0.2) is 11.5 Å². The van der Waals surface area contributed by atoms with Gasteiger partial charge in [0.05, 0.1) is 25.7 Å². The third kappa shape index (κ3) is 3.59. The molecule has 0 saturated carbocycles. The second-order valence-corrected chi connectivity index (χ2v) is 6.34. The molecule has 0 radical (unpaired) electrons. The quantitative estimate of drug-likeness (QED) is 0.620. The normalized spacial score (nSPS) is 12.2. The van der Waals surface area contributed by atoms with Crippen LogP contribution in [0.3, 0.4) is 0 Å². The molecule has 0 bridgehead atoms. The van der Waals surface area contributed by atoms with E-state index < -0.39 is 0 Å². The average molecular weight is 352 g/mol. The molecule has 136 valence electrons. The van der Waals surface area contributed by atoms with Gasteiger partial charge in [-0.25, -0.2) is 4.58 Å². The molecule has 0 unspecified atom stereocenters. The van der Waals surface area contributed by atoms with Gasteiger partial charge in [0.2, 0.25) is 5.36 Å². The molecule has 4 heteroatoms. The van der Waals surface area contributed by atoms with E-state index in [1.807, 2.05) is 36.4 Å². The zero-order valence-corrected chi connectivity index (χ0v) is 15.9. The van der Waals surface area contributed by atoms with Gasteiger partial charge in [-0.3, -0.25) is 0 Å². The Bertz CT molecular complexity index is 973. The van der Waals surface area contributed by atoms with Crippen LogP contribution in [0, 0.1) is 0 Å². The maximum atomic E-state index is 6.19. The third-order valence-corrected chi connectivity index (χ3v) is 4.58. The van der Waals surface area contributed by atoms with Crippen LogP contribution in [0.4, 0.5) is 0 Å². The van der Waals surface area contributed by atoms with Crippen LogP contribution in [0.15, 0.2) is 52.9 Å². The third-order valence-electron chi connectivity index (χ3n) is 4.58. The van der Waals surface area contributed by atoms with E-state index in [0.29, 0.717) is 11.5 Å². The van der Waals surface area contributed by atoms with E-state index in [1.54, 1.807) is 14.2 Å². The van der Waals surface area contributed by atoms with Crippen LogP contribution in [0.25, 0.3) is 22.3 Å². The molecular weight excluding hydrogens is 326 g/mol. The lowest BCUT2D eigenvalue weighted by atomic mass is 10.1. The highest BCUT2D eigenvalue weighted by Gasteiger charge is 2.13. The summed E-state index contributed by atoms with van der Waals surface area (Å²) in [7, 11) is 5.41. The summed E-state index contributed by atoms with van der Waals surface area (Å²) in [5, 5.41) is 2.29. The van der Waals surface area contributed by atoms with E-state index in [4.69, 9.17) is 13.9 Å². The number of rotatable bonds is 6. The van der Waals surface area contributed by atoms with Gasteiger partial charge in [-0.2, -0.15) is 0 Å². The first-order valence-electron chi connectivity index (χ1n) is 8.97. The first-order chi connectivity index (χ1) is 12.7. The van der Waals surface area contributed by atoms with Crippen molar-refractivity contribution in [1.82, 2.24) is 4.58 Å². The van der Waals surface area contributed by atoms with Crippen molar-refractivity contribution in [2.24, 2.45) is 0 Å². The molecule has 1 aromatic heterocycles. The fourth-order valence-electron chi connectivity index (χ4n) is 3.08. The smallest absolute Gasteiger partial charge is 0.214 e. The Hall–Kier alpha value is -2.75. The molecule has 0 aliphatic rings. The fourth-order valence-corrected chi connectivity index (χ4v) is 3.08. The number of unbranched alkanes of at least 4 members (excludes halogenated alkanes) is 1. The Morgan fingerprint density at radius 2 is 1.73 bits per heavy atom. The highest BCUT2D eigenvalue weighted by molar-refractivity contribution is 5.78. The predicted molar refractivity (Wildman–Crippen MR) is 106 cm³/mol. The van der Waals surface area contributed by atoms with Gasteiger partial charge in [-0.05, 0) is 30.3 Å². The molecule has 1 heterocycles. The number of ether oxygens (including phenoxy) is 2. The van der Waals surface area contributed by atoms with Gasteiger partial charge < -0.3 is 13.9 Å². The van der Waals surface area contributed by atoms with Crippen LogP contribution in [-0.2, 0) is 0 Å². The Morgan fingerprint density at radius 1 is 0.962 bits per heavy atom. The molecule has 2 aromatic carbocycles. The number of hydrogen-bond acceptors (Lipinski definition) is 3. The summed E-state index contributed by atoms with van der Waals surface area (Å²) in [5.74, 6) is 2.20. The largest absolute Gasteiger partial charge is 0.493 e. The predicted octanol–water partition coefficient (Wildman–Crippen LogP) is 4.32. The van der Waals surface area contributed by atoms with Crippen LogP contribution in [0.1, 0.15) is 19.8 Å². The van der Waals surface area contributed by atoms with Crippen LogP contribution in [0.5, 0.6) is 11.5 Å². The monoisotopic (exact) mass is 352 g/mol.